The maximum Gasteiger partial charge on any atom is 0.228 e. The normalized spacial score (nSPS) is 23.9. The van der Waals surface area contributed by atoms with Crippen molar-refractivity contribution in [3.63, 3.8) is 0 Å². The van der Waals surface area contributed by atoms with Crippen molar-refractivity contribution in [2.45, 2.75) is 32.4 Å². The van der Waals surface area contributed by atoms with Crippen LogP contribution in [0, 0.1) is 5.92 Å². The lowest BCUT2D eigenvalue weighted by Crippen LogP contribution is -2.48. The van der Waals surface area contributed by atoms with Crippen LogP contribution in [0.1, 0.15) is 31.5 Å². The second-order valence-corrected chi connectivity index (χ2v) is 6.81. The van der Waals surface area contributed by atoms with Crippen LogP contribution < -0.4 is 4.90 Å². The number of carbonyl (C=O) groups excluding carboxylic acids is 1. The third kappa shape index (κ3) is 2.68. The Morgan fingerprint density at radius 3 is 2.92 bits per heavy atom. The van der Waals surface area contributed by atoms with Crippen molar-refractivity contribution in [1.82, 2.24) is 14.5 Å². The maximum absolute atomic E-state index is 13.1. The largest absolute Gasteiger partial charge is 0.356 e. The van der Waals surface area contributed by atoms with Gasteiger partial charge in [-0.15, -0.1) is 0 Å². The molecule has 1 fully saturated rings. The summed E-state index contributed by atoms with van der Waals surface area (Å²) in [6.07, 6.45) is 5.96. The molecule has 0 N–H and O–H groups in total. The minimum atomic E-state index is 0.0738. The molecule has 5 heteroatoms. The first-order valence-corrected chi connectivity index (χ1v) is 8.85. The molecule has 0 aliphatic carbocycles. The lowest BCUT2D eigenvalue weighted by atomic mass is 9.95. The summed E-state index contributed by atoms with van der Waals surface area (Å²) in [5, 5.41) is 0. The average Bonchev–Trinajstić information content (AvgIpc) is 3.12. The highest BCUT2D eigenvalue weighted by atomic mass is 16.2. The quantitative estimate of drug-likeness (QED) is 0.853. The number of piperidine rings is 1. The third-order valence-corrected chi connectivity index (χ3v) is 5.37. The molecule has 0 aromatic carbocycles. The van der Waals surface area contributed by atoms with Gasteiger partial charge in [0.15, 0.2) is 0 Å². The summed E-state index contributed by atoms with van der Waals surface area (Å²) in [4.78, 5) is 21.9. The molecule has 2 aliphatic heterocycles. The molecule has 0 spiro atoms. The van der Waals surface area contributed by atoms with Crippen molar-refractivity contribution >= 4 is 11.7 Å². The second-order valence-electron chi connectivity index (χ2n) is 6.81. The molecule has 0 radical (unpaired) electrons. The fourth-order valence-corrected chi connectivity index (χ4v) is 4.04. The Labute approximate surface area is 142 Å². The lowest BCUT2D eigenvalue weighted by molar-refractivity contribution is -0.139. The molecular formula is C19H24N4O. The fourth-order valence-electron chi connectivity index (χ4n) is 4.04. The van der Waals surface area contributed by atoms with Gasteiger partial charge in [0.05, 0.1) is 12.0 Å². The van der Waals surface area contributed by atoms with Crippen molar-refractivity contribution in [2.75, 3.05) is 24.5 Å². The Morgan fingerprint density at radius 1 is 1.17 bits per heavy atom. The van der Waals surface area contributed by atoms with Crippen LogP contribution in [-0.4, -0.2) is 40.0 Å². The molecule has 2 aromatic heterocycles. The van der Waals surface area contributed by atoms with E-state index in [1.54, 1.807) is 0 Å². The Kier molecular flexibility index (Phi) is 4.00. The van der Waals surface area contributed by atoms with Gasteiger partial charge >= 0.3 is 0 Å². The lowest BCUT2D eigenvalue weighted by Gasteiger charge is -2.40. The standard InChI is InChI=1S/C19H24N4O/c1-15-17-7-5-10-21(17)12-13-23(15)19(24)16-6-4-11-22(14-16)18-8-2-3-9-20-18/h2-3,5,7-10,15-16H,4,6,11-14H2,1H3/t15-,16+/m1/s1. The van der Waals surface area contributed by atoms with Gasteiger partial charge in [-0.3, -0.25) is 4.79 Å². The molecule has 1 saturated heterocycles. The van der Waals surface area contributed by atoms with Gasteiger partial charge in [0.2, 0.25) is 5.91 Å². The summed E-state index contributed by atoms with van der Waals surface area (Å²) in [5.41, 5.74) is 1.24. The van der Waals surface area contributed by atoms with Crippen LogP contribution in [0.5, 0.6) is 0 Å². The Bertz CT molecular complexity index is 711. The number of nitrogens with zero attached hydrogens (tertiary/aromatic N) is 4. The number of fused-ring (bicyclic) bond motifs is 1. The molecule has 0 saturated carbocycles. The molecule has 2 atom stereocenters. The van der Waals surface area contributed by atoms with Gasteiger partial charge in [0.1, 0.15) is 5.82 Å². The van der Waals surface area contributed by atoms with Gasteiger partial charge in [-0.25, -0.2) is 4.98 Å². The van der Waals surface area contributed by atoms with Crippen molar-refractivity contribution in [3.8, 4) is 0 Å². The summed E-state index contributed by atoms with van der Waals surface area (Å²) in [6.45, 7) is 5.61. The molecule has 126 valence electrons. The number of aromatic nitrogens is 2. The Hall–Kier alpha value is -2.30. The smallest absolute Gasteiger partial charge is 0.228 e. The number of hydrogen-bond acceptors (Lipinski definition) is 3. The topological polar surface area (TPSA) is 41.4 Å². The summed E-state index contributed by atoms with van der Waals surface area (Å²) in [6, 6.07) is 10.3. The molecule has 0 unspecified atom stereocenters. The van der Waals surface area contributed by atoms with E-state index in [1.165, 1.54) is 5.69 Å². The molecule has 2 aromatic rings. The van der Waals surface area contributed by atoms with Crippen LogP contribution in [0.15, 0.2) is 42.7 Å². The summed E-state index contributed by atoms with van der Waals surface area (Å²) < 4.78 is 2.26. The highest BCUT2D eigenvalue weighted by Crippen LogP contribution is 2.29. The zero-order chi connectivity index (χ0) is 16.5. The van der Waals surface area contributed by atoms with Crippen LogP contribution >= 0.6 is 0 Å². The van der Waals surface area contributed by atoms with E-state index < -0.39 is 0 Å². The number of pyridine rings is 1. The van der Waals surface area contributed by atoms with Gasteiger partial charge in [-0.05, 0) is 44.0 Å². The van der Waals surface area contributed by atoms with E-state index in [0.29, 0.717) is 5.91 Å². The minimum absolute atomic E-state index is 0.0738. The number of rotatable bonds is 2. The van der Waals surface area contributed by atoms with Gasteiger partial charge in [-0.2, -0.15) is 0 Å². The van der Waals surface area contributed by atoms with Crippen LogP contribution in [0.25, 0.3) is 0 Å². The van der Waals surface area contributed by atoms with Gasteiger partial charge in [0.25, 0.3) is 0 Å². The minimum Gasteiger partial charge on any atom is -0.356 e. The predicted octanol–water partition coefficient (Wildman–Crippen LogP) is 2.70. The highest BCUT2D eigenvalue weighted by molar-refractivity contribution is 5.80. The van der Waals surface area contributed by atoms with Crippen molar-refractivity contribution < 1.29 is 4.79 Å². The van der Waals surface area contributed by atoms with Crippen LogP contribution in [0.2, 0.25) is 0 Å². The summed E-state index contributed by atoms with van der Waals surface area (Å²) in [5.74, 6) is 1.36. The fraction of sp³-hybridized carbons (Fsp3) is 0.474. The van der Waals surface area contributed by atoms with E-state index in [4.69, 9.17) is 0 Å². The molecule has 1 amide bonds. The van der Waals surface area contributed by atoms with E-state index in [9.17, 15) is 4.79 Å². The summed E-state index contributed by atoms with van der Waals surface area (Å²) >= 11 is 0. The molecular weight excluding hydrogens is 300 g/mol. The molecule has 4 rings (SSSR count). The van der Waals surface area contributed by atoms with Gasteiger partial charge in [0, 0.05) is 44.3 Å². The number of anilines is 1. The maximum atomic E-state index is 13.1. The number of carbonyl (C=O) groups is 1. The van der Waals surface area contributed by atoms with Crippen LogP contribution in [0.3, 0.4) is 0 Å². The van der Waals surface area contributed by atoms with Crippen LogP contribution in [-0.2, 0) is 11.3 Å². The third-order valence-electron chi connectivity index (χ3n) is 5.37. The number of hydrogen-bond donors (Lipinski definition) is 0. The van der Waals surface area contributed by atoms with Crippen molar-refractivity contribution in [2.24, 2.45) is 5.92 Å². The van der Waals surface area contributed by atoms with Crippen molar-refractivity contribution in [3.05, 3.63) is 48.4 Å². The molecule has 4 heterocycles. The first-order valence-electron chi connectivity index (χ1n) is 8.85. The Morgan fingerprint density at radius 2 is 2.08 bits per heavy atom. The Balaban J connectivity index is 1.48. The average molecular weight is 324 g/mol. The van der Waals surface area contributed by atoms with E-state index in [0.717, 1.165) is 44.8 Å². The molecule has 5 nitrogen and oxygen atoms in total. The number of amides is 1. The van der Waals surface area contributed by atoms with Crippen molar-refractivity contribution in [1.29, 1.82) is 0 Å². The van der Waals surface area contributed by atoms with E-state index in [-0.39, 0.29) is 12.0 Å². The van der Waals surface area contributed by atoms with Gasteiger partial charge in [-0.1, -0.05) is 6.07 Å². The van der Waals surface area contributed by atoms with Crippen LogP contribution in [0.4, 0.5) is 5.82 Å². The molecule has 0 bridgehead atoms. The van der Waals surface area contributed by atoms with E-state index in [1.807, 2.05) is 24.4 Å². The van der Waals surface area contributed by atoms with Gasteiger partial charge < -0.3 is 14.4 Å². The SMILES string of the molecule is C[C@@H]1c2cccn2CCN1C(=O)[C@H]1CCCN(c2ccccn2)C1. The summed E-state index contributed by atoms with van der Waals surface area (Å²) in [7, 11) is 0. The van der Waals surface area contributed by atoms with E-state index in [2.05, 4.69) is 44.6 Å². The molecule has 2 aliphatic rings. The van der Waals surface area contributed by atoms with E-state index >= 15 is 0 Å². The zero-order valence-corrected chi connectivity index (χ0v) is 14.1. The second kappa shape index (κ2) is 6.30. The predicted molar refractivity (Wildman–Crippen MR) is 93.7 cm³/mol. The first kappa shape index (κ1) is 15.2. The monoisotopic (exact) mass is 324 g/mol. The first-order chi connectivity index (χ1) is 11.7. The highest BCUT2D eigenvalue weighted by Gasteiger charge is 2.34. The zero-order valence-electron chi connectivity index (χ0n) is 14.1. The molecule has 24 heavy (non-hydrogen) atoms.